The van der Waals surface area contributed by atoms with Gasteiger partial charge in [-0.25, -0.2) is 0 Å². The smallest absolute Gasteiger partial charge is 0.223 e. The van der Waals surface area contributed by atoms with Gasteiger partial charge in [0.1, 0.15) is 0 Å². The molecular formula is C41H75N3O3. The zero-order valence-electron chi connectivity index (χ0n) is 32.7. The number of rotatable bonds is 6. The summed E-state index contributed by atoms with van der Waals surface area (Å²) >= 11 is 0. The maximum Gasteiger partial charge on any atom is 0.223 e. The predicted molar refractivity (Wildman–Crippen MR) is 196 cm³/mol. The van der Waals surface area contributed by atoms with E-state index in [1.807, 2.05) is 4.90 Å². The van der Waals surface area contributed by atoms with E-state index in [-0.39, 0.29) is 16.7 Å². The highest BCUT2D eigenvalue weighted by Crippen LogP contribution is 2.40. The van der Waals surface area contributed by atoms with Crippen LogP contribution in [-0.2, 0) is 14.4 Å². The summed E-state index contributed by atoms with van der Waals surface area (Å²) in [5.41, 5.74) is 0.316. The van der Waals surface area contributed by atoms with Crippen molar-refractivity contribution in [1.82, 2.24) is 14.7 Å². The number of hydrogen-bond acceptors (Lipinski definition) is 3. The van der Waals surface area contributed by atoms with E-state index in [9.17, 15) is 14.4 Å². The Hall–Kier alpha value is -1.59. The second-order valence-electron chi connectivity index (χ2n) is 18.9. The Balaban J connectivity index is 0.000000257. The van der Waals surface area contributed by atoms with E-state index in [0.717, 1.165) is 76.0 Å². The molecule has 6 nitrogen and oxygen atoms in total. The molecule has 1 saturated carbocycles. The van der Waals surface area contributed by atoms with E-state index in [0.29, 0.717) is 48.1 Å². The summed E-state index contributed by atoms with van der Waals surface area (Å²) in [4.78, 5) is 43.8. The predicted octanol–water partition coefficient (Wildman–Crippen LogP) is 9.21. The van der Waals surface area contributed by atoms with Crippen LogP contribution in [0.15, 0.2) is 0 Å². The standard InChI is InChI=1S/C21H38N2O2.C20H37NO/c1-15(2)18-9-12-23(19(14-18)21(4,5)6)20(25)13-17-7-10-22(11-8-17)16(3)24;1-15(2)17-11-12-21(18(14-17)20(3,4)5)19(22)13-16-9-7-6-8-10-16/h15,17-19H,7-14H2,1-6H3;15-18H,6-14H2,1-5H3. The minimum Gasteiger partial charge on any atom is -0.343 e. The normalized spacial score (nSPS) is 27.1. The number of piperidine rings is 3. The Morgan fingerprint density at radius 1 is 0.574 bits per heavy atom. The SMILES string of the molecule is CC(=O)N1CCC(CC(=O)N2CCC(C(C)C)CC2C(C)(C)C)CC1.CC(C)C1CCN(C(=O)CC2CCCCC2)C(C(C)(C)C)C1. The van der Waals surface area contributed by atoms with Crippen LogP contribution in [-0.4, -0.2) is 70.7 Å². The minimum absolute atomic E-state index is 0.126. The number of carbonyl (C=O) groups is 3. The van der Waals surface area contributed by atoms with Crippen LogP contribution in [0.1, 0.15) is 160 Å². The summed E-state index contributed by atoms with van der Waals surface area (Å²) in [6.45, 7) is 28.2. The van der Waals surface area contributed by atoms with E-state index in [2.05, 4.69) is 79.0 Å². The summed E-state index contributed by atoms with van der Waals surface area (Å²) in [6, 6.07) is 0.767. The third-order valence-electron chi connectivity index (χ3n) is 12.5. The first-order chi connectivity index (χ1) is 21.9. The second kappa shape index (κ2) is 17.4. The first-order valence-electron chi connectivity index (χ1n) is 19.7. The fourth-order valence-electron chi connectivity index (χ4n) is 9.01. The van der Waals surface area contributed by atoms with Crippen molar-refractivity contribution >= 4 is 17.7 Å². The van der Waals surface area contributed by atoms with Crippen molar-refractivity contribution in [2.75, 3.05) is 26.2 Å². The number of carbonyl (C=O) groups excluding carboxylic acids is 3. The minimum atomic E-state index is 0.126. The first kappa shape index (κ1) is 39.8. The van der Waals surface area contributed by atoms with Crippen molar-refractivity contribution in [1.29, 1.82) is 0 Å². The quantitative estimate of drug-likeness (QED) is 0.286. The van der Waals surface area contributed by atoms with Gasteiger partial charge in [-0.15, -0.1) is 0 Å². The van der Waals surface area contributed by atoms with Gasteiger partial charge in [-0.1, -0.05) is 88.5 Å². The molecule has 0 aromatic carbocycles. The molecule has 3 amide bonds. The van der Waals surface area contributed by atoms with Gasteiger partial charge in [0.2, 0.25) is 17.7 Å². The van der Waals surface area contributed by atoms with Crippen LogP contribution in [0, 0.1) is 46.3 Å². The van der Waals surface area contributed by atoms with Crippen LogP contribution in [0.2, 0.25) is 0 Å². The van der Waals surface area contributed by atoms with Crippen molar-refractivity contribution < 1.29 is 14.4 Å². The molecular weight excluding hydrogens is 582 g/mol. The number of amides is 3. The van der Waals surface area contributed by atoms with Crippen LogP contribution < -0.4 is 0 Å². The highest BCUT2D eigenvalue weighted by atomic mass is 16.2. The van der Waals surface area contributed by atoms with Crippen molar-refractivity contribution in [3.63, 3.8) is 0 Å². The number of hydrogen-bond donors (Lipinski definition) is 0. The van der Waals surface area contributed by atoms with Crippen LogP contribution in [0.25, 0.3) is 0 Å². The van der Waals surface area contributed by atoms with Crippen LogP contribution in [0.4, 0.5) is 0 Å². The third kappa shape index (κ3) is 11.8. The maximum atomic E-state index is 13.1. The fourth-order valence-corrected chi connectivity index (χ4v) is 9.01. The summed E-state index contributed by atoms with van der Waals surface area (Å²) in [5.74, 6) is 4.97. The monoisotopic (exact) mass is 658 g/mol. The molecule has 0 aromatic rings. The molecule has 4 rings (SSSR count). The average molecular weight is 658 g/mol. The zero-order chi connectivity index (χ0) is 35.1. The third-order valence-corrected chi connectivity index (χ3v) is 12.5. The molecule has 0 aromatic heterocycles. The molecule has 1 aliphatic carbocycles. The highest BCUT2D eigenvalue weighted by molar-refractivity contribution is 5.77. The van der Waals surface area contributed by atoms with Gasteiger partial charge >= 0.3 is 0 Å². The van der Waals surface area contributed by atoms with E-state index in [4.69, 9.17) is 0 Å². The lowest BCUT2D eigenvalue weighted by molar-refractivity contribution is -0.141. The molecule has 6 heteroatoms. The van der Waals surface area contributed by atoms with Crippen LogP contribution >= 0.6 is 0 Å². The number of nitrogens with zero attached hydrogens (tertiary/aromatic N) is 3. The molecule has 0 bridgehead atoms. The first-order valence-corrected chi connectivity index (χ1v) is 19.7. The van der Waals surface area contributed by atoms with Gasteiger partial charge in [0, 0.05) is 58.0 Å². The molecule has 4 fully saturated rings. The van der Waals surface area contributed by atoms with Gasteiger partial charge in [-0.05, 0) is 97.7 Å². The molecule has 3 aliphatic heterocycles. The van der Waals surface area contributed by atoms with Crippen molar-refractivity contribution in [2.24, 2.45) is 46.3 Å². The zero-order valence-corrected chi connectivity index (χ0v) is 32.7. The van der Waals surface area contributed by atoms with Crippen LogP contribution in [0.5, 0.6) is 0 Å². The lowest BCUT2D eigenvalue weighted by Crippen LogP contribution is -2.53. The lowest BCUT2D eigenvalue weighted by Gasteiger charge is -2.47. The van der Waals surface area contributed by atoms with Gasteiger partial charge in [-0.2, -0.15) is 0 Å². The fraction of sp³-hybridized carbons (Fsp3) is 0.927. The lowest BCUT2D eigenvalue weighted by atomic mass is 9.73. The Morgan fingerprint density at radius 2 is 0.957 bits per heavy atom. The molecule has 3 saturated heterocycles. The van der Waals surface area contributed by atoms with E-state index >= 15 is 0 Å². The Bertz CT molecular complexity index is 994. The van der Waals surface area contributed by atoms with Crippen LogP contribution in [0.3, 0.4) is 0 Å². The largest absolute Gasteiger partial charge is 0.343 e. The Labute approximate surface area is 290 Å². The second-order valence-corrected chi connectivity index (χ2v) is 18.9. The number of likely N-dealkylation sites (tertiary alicyclic amines) is 3. The highest BCUT2D eigenvalue weighted by Gasteiger charge is 2.41. The summed E-state index contributed by atoms with van der Waals surface area (Å²) in [7, 11) is 0. The molecule has 0 radical (unpaired) electrons. The molecule has 4 unspecified atom stereocenters. The molecule has 0 spiro atoms. The molecule has 47 heavy (non-hydrogen) atoms. The van der Waals surface area contributed by atoms with E-state index < -0.39 is 0 Å². The van der Waals surface area contributed by atoms with Gasteiger partial charge in [0.15, 0.2) is 0 Å². The summed E-state index contributed by atoms with van der Waals surface area (Å²) in [6.07, 6.45) is 14.6. The van der Waals surface area contributed by atoms with Gasteiger partial charge in [-0.3, -0.25) is 14.4 Å². The average Bonchev–Trinajstić information content (AvgIpc) is 3.00. The molecule has 4 aliphatic rings. The van der Waals surface area contributed by atoms with Gasteiger partial charge < -0.3 is 14.7 Å². The maximum absolute atomic E-state index is 13.1. The Morgan fingerprint density at radius 3 is 1.30 bits per heavy atom. The van der Waals surface area contributed by atoms with E-state index in [1.165, 1.54) is 44.9 Å². The Kier molecular flexibility index (Phi) is 14.7. The van der Waals surface area contributed by atoms with Crippen molar-refractivity contribution in [3.8, 4) is 0 Å². The molecule has 0 N–H and O–H groups in total. The molecule has 3 heterocycles. The van der Waals surface area contributed by atoms with Crippen molar-refractivity contribution in [3.05, 3.63) is 0 Å². The summed E-state index contributed by atoms with van der Waals surface area (Å²) in [5, 5.41) is 0. The van der Waals surface area contributed by atoms with Gasteiger partial charge in [0.25, 0.3) is 0 Å². The topological polar surface area (TPSA) is 60.9 Å². The van der Waals surface area contributed by atoms with Crippen molar-refractivity contribution in [2.45, 2.75) is 172 Å². The van der Waals surface area contributed by atoms with E-state index in [1.54, 1.807) is 6.92 Å². The summed E-state index contributed by atoms with van der Waals surface area (Å²) < 4.78 is 0. The molecule has 4 atom stereocenters. The molecule has 272 valence electrons. The van der Waals surface area contributed by atoms with Gasteiger partial charge in [0.05, 0.1) is 0 Å².